The molecule has 166 valence electrons. The lowest BCUT2D eigenvalue weighted by Crippen LogP contribution is -2.37. The van der Waals surface area contributed by atoms with Crippen LogP contribution in [0, 0.1) is 6.92 Å². The molecule has 5 heteroatoms. The number of aryl methyl sites for hydroxylation is 2. The van der Waals surface area contributed by atoms with Crippen molar-refractivity contribution >= 4 is 33.9 Å². The van der Waals surface area contributed by atoms with Crippen LogP contribution in [0.25, 0.3) is 10.9 Å². The van der Waals surface area contributed by atoms with Crippen molar-refractivity contribution in [1.29, 1.82) is 0 Å². The molecule has 0 saturated carbocycles. The van der Waals surface area contributed by atoms with Crippen LogP contribution in [-0.4, -0.2) is 45.7 Å². The Labute approximate surface area is 192 Å². The molecule has 1 aromatic heterocycles. The Kier molecular flexibility index (Phi) is 8.50. The van der Waals surface area contributed by atoms with Gasteiger partial charge in [-0.3, -0.25) is 0 Å². The number of hydrogen-bond acceptors (Lipinski definition) is 2. The van der Waals surface area contributed by atoms with E-state index in [1.807, 2.05) is 0 Å². The Morgan fingerprint density at radius 2 is 1.68 bits per heavy atom. The number of hydrogen-bond donors (Lipinski definition) is 1. The van der Waals surface area contributed by atoms with E-state index >= 15 is 0 Å². The Hall–Kier alpha value is -2.37. The summed E-state index contributed by atoms with van der Waals surface area (Å²) >= 11 is 5.90. The molecule has 0 atom stereocenters. The van der Waals surface area contributed by atoms with Gasteiger partial charge in [0.25, 0.3) is 0 Å². The molecule has 0 radical (unpaired) electrons. The molecule has 0 amide bonds. The SMILES string of the molecule is CCN(CC)CCCN(Cc1cn(CC)c2ccccc12)C(=S)Nc1ccccc1C. The van der Waals surface area contributed by atoms with Gasteiger partial charge in [0.1, 0.15) is 0 Å². The number of nitrogens with zero attached hydrogens (tertiary/aromatic N) is 3. The molecule has 4 nitrogen and oxygen atoms in total. The minimum Gasteiger partial charge on any atom is -0.347 e. The van der Waals surface area contributed by atoms with E-state index in [9.17, 15) is 0 Å². The zero-order chi connectivity index (χ0) is 22.2. The number of nitrogens with one attached hydrogen (secondary N) is 1. The molecule has 0 fully saturated rings. The van der Waals surface area contributed by atoms with Crippen molar-refractivity contribution < 1.29 is 0 Å². The number of thiocarbonyl (C=S) groups is 1. The van der Waals surface area contributed by atoms with E-state index in [0.29, 0.717) is 0 Å². The fourth-order valence-electron chi connectivity index (χ4n) is 4.10. The number of fused-ring (bicyclic) bond motifs is 1. The van der Waals surface area contributed by atoms with Gasteiger partial charge >= 0.3 is 0 Å². The summed E-state index contributed by atoms with van der Waals surface area (Å²) in [6.45, 7) is 14.7. The van der Waals surface area contributed by atoms with Crippen molar-refractivity contribution in [3.8, 4) is 0 Å². The quantitative estimate of drug-likeness (QED) is 0.400. The van der Waals surface area contributed by atoms with Gasteiger partial charge < -0.3 is 19.7 Å². The summed E-state index contributed by atoms with van der Waals surface area (Å²) in [6, 6.07) is 17.0. The third kappa shape index (κ3) is 5.86. The number of rotatable bonds is 10. The first-order valence-electron chi connectivity index (χ1n) is 11.5. The van der Waals surface area contributed by atoms with Crippen molar-refractivity contribution in [3.63, 3.8) is 0 Å². The molecule has 0 aliphatic rings. The predicted octanol–water partition coefficient (Wildman–Crippen LogP) is 5.90. The van der Waals surface area contributed by atoms with Gasteiger partial charge in [-0.15, -0.1) is 0 Å². The van der Waals surface area contributed by atoms with Crippen molar-refractivity contribution in [3.05, 3.63) is 65.9 Å². The first kappa shape index (κ1) is 23.3. The maximum absolute atomic E-state index is 5.90. The highest BCUT2D eigenvalue weighted by Gasteiger charge is 2.16. The van der Waals surface area contributed by atoms with Gasteiger partial charge in [0.2, 0.25) is 0 Å². The minimum absolute atomic E-state index is 0.794. The van der Waals surface area contributed by atoms with E-state index in [-0.39, 0.29) is 0 Å². The van der Waals surface area contributed by atoms with E-state index in [0.717, 1.165) is 56.5 Å². The summed E-state index contributed by atoms with van der Waals surface area (Å²) in [4.78, 5) is 4.80. The molecular formula is C26H36N4S. The molecule has 0 aliphatic carbocycles. The second-order valence-electron chi connectivity index (χ2n) is 8.00. The molecule has 0 aliphatic heterocycles. The maximum Gasteiger partial charge on any atom is 0.173 e. The fraction of sp³-hybridized carbons (Fsp3) is 0.423. The van der Waals surface area contributed by atoms with E-state index in [1.165, 1.54) is 22.0 Å². The van der Waals surface area contributed by atoms with Crippen molar-refractivity contribution in [2.24, 2.45) is 0 Å². The van der Waals surface area contributed by atoms with Crippen LogP contribution in [0.2, 0.25) is 0 Å². The monoisotopic (exact) mass is 436 g/mol. The molecule has 1 heterocycles. The van der Waals surface area contributed by atoms with Crippen LogP contribution in [0.1, 0.15) is 38.3 Å². The highest BCUT2D eigenvalue weighted by molar-refractivity contribution is 7.80. The number of benzene rings is 2. The number of para-hydroxylation sites is 2. The average Bonchev–Trinajstić information content (AvgIpc) is 3.15. The minimum atomic E-state index is 0.794. The van der Waals surface area contributed by atoms with Crippen LogP contribution >= 0.6 is 12.2 Å². The van der Waals surface area contributed by atoms with Crippen molar-refractivity contribution in [2.45, 2.75) is 47.2 Å². The second-order valence-corrected chi connectivity index (χ2v) is 8.39. The lowest BCUT2D eigenvalue weighted by molar-refractivity contribution is 0.281. The van der Waals surface area contributed by atoms with Crippen LogP contribution in [0.3, 0.4) is 0 Å². The smallest absolute Gasteiger partial charge is 0.173 e. The average molecular weight is 437 g/mol. The van der Waals surface area contributed by atoms with Crippen LogP contribution < -0.4 is 5.32 Å². The normalized spacial score (nSPS) is 11.3. The van der Waals surface area contributed by atoms with Gasteiger partial charge in [-0.1, -0.05) is 50.2 Å². The lowest BCUT2D eigenvalue weighted by Gasteiger charge is -2.28. The van der Waals surface area contributed by atoms with Gasteiger partial charge in [-0.05, 0) is 75.4 Å². The molecule has 3 rings (SSSR count). The molecule has 0 saturated heterocycles. The van der Waals surface area contributed by atoms with Gasteiger partial charge in [-0.25, -0.2) is 0 Å². The lowest BCUT2D eigenvalue weighted by atomic mass is 10.1. The standard InChI is InChI=1S/C26H36N4S/c1-5-28(6-2)17-12-18-30(26(31)27-24-15-10-8-13-21(24)4)20-22-19-29(7-3)25-16-11-9-14-23(22)25/h8-11,13-16,19H,5-7,12,17-18,20H2,1-4H3,(H,27,31). The summed E-state index contributed by atoms with van der Waals surface area (Å²) < 4.78 is 2.33. The number of aromatic nitrogens is 1. The summed E-state index contributed by atoms with van der Waals surface area (Å²) in [6.07, 6.45) is 3.38. The van der Waals surface area contributed by atoms with E-state index in [1.54, 1.807) is 0 Å². The number of anilines is 1. The van der Waals surface area contributed by atoms with E-state index in [2.05, 4.69) is 102 Å². The fourth-order valence-corrected chi connectivity index (χ4v) is 4.37. The first-order chi connectivity index (χ1) is 15.1. The molecular weight excluding hydrogens is 400 g/mol. The Bertz CT molecular complexity index is 990. The molecule has 0 bridgehead atoms. The summed E-state index contributed by atoms with van der Waals surface area (Å²) in [7, 11) is 0. The largest absolute Gasteiger partial charge is 0.347 e. The third-order valence-corrected chi connectivity index (χ3v) is 6.40. The van der Waals surface area contributed by atoms with Crippen molar-refractivity contribution in [2.75, 3.05) is 31.5 Å². The Morgan fingerprint density at radius 1 is 0.968 bits per heavy atom. The predicted molar refractivity (Wildman–Crippen MR) is 138 cm³/mol. The van der Waals surface area contributed by atoms with Gasteiger partial charge in [0.15, 0.2) is 5.11 Å². The second kappa shape index (κ2) is 11.3. The van der Waals surface area contributed by atoms with Crippen LogP contribution in [0.15, 0.2) is 54.7 Å². The van der Waals surface area contributed by atoms with Gasteiger partial charge in [0.05, 0.1) is 0 Å². The van der Waals surface area contributed by atoms with E-state index < -0.39 is 0 Å². The zero-order valence-electron chi connectivity index (χ0n) is 19.4. The van der Waals surface area contributed by atoms with Crippen LogP contribution in [-0.2, 0) is 13.1 Å². The Morgan fingerprint density at radius 3 is 2.39 bits per heavy atom. The highest BCUT2D eigenvalue weighted by atomic mass is 32.1. The van der Waals surface area contributed by atoms with Crippen LogP contribution in [0.5, 0.6) is 0 Å². The molecule has 0 spiro atoms. The first-order valence-corrected chi connectivity index (χ1v) is 11.9. The summed E-state index contributed by atoms with van der Waals surface area (Å²) in [5, 5.41) is 5.61. The molecule has 2 aromatic carbocycles. The maximum atomic E-state index is 5.90. The molecule has 3 aromatic rings. The topological polar surface area (TPSA) is 23.4 Å². The summed E-state index contributed by atoms with van der Waals surface area (Å²) in [5.41, 5.74) is 4.91. The van der Waals surface area contributed by atoms with Gasteiger partial charge in [-0.2, -0.15) is 0 Å². The van der Waals surface area contributed by atoms with E-state index in [4.69, 9.17) is 12.2 Å². The zero-order valence-corrected chi connectivity index (χ0v) is 20.2. The molecule has 0 unspecified atom stereocenters. The molecule has 1 N–H and O–H groups in total. The molecule has 31 heavy (non-hydrogen) atoms. The third-order valence-electron chi connectivity index (χ3n) is 6.04. The van der Waals surface area contributed by atoms with Gasteiger partial charge in [0, 0.05) is 42.4 Å². The Balaban J connectivity index is 1.81. The summed E-state index contributed by atoms with van der Waals surface area (Å²) in [5.74, 6) is 0. The highest BCUT2D eigenvalue weighted by Crippen LogP contribution is 2.23. The van der Waals surface area contributed by atoms with Crippen molar-refractivity contribution in [1.82, 2.24) is 14.4 Å². The van der Waals surface area contributed by atoms with Crippen LogP contribution in [0.4, 0.5) is 5.69 Å².